The van der Waals surface area contributed by atoms with Crippen molar-refractivity contribution in [3.05, 3.63) is 42.0 Å². The van der Waals surface area contributed by atoms with Gasteiger partial charge in [0.05, 0.1) is 5.56 Å². The third kappa shape index (κ3) is 3.82. The van der Waals surface area contributed by atoms with Gasteiger partial charge in [-0.15, -0.1) is 0 Å². The maximum absolute atomic E-state index is 11.8. The summed E-state index contributed by atoms with van der Waals surface area (Å²) in [5, 5.41) is 13.1. The minimum Gasteiger partial charge on any atom is -0.507 e. The predicted octanol–water partition coefficient (Wildman–Crippen LogP) is 4.75. The number of carbonyl (C=O) groups is 1. The zero-order chi connectivity index (χ0) is 18.0. The molecule has 0 fully saturated rings. The maximum Gasteiger partial charge on any atom is 0.231 e. The molecular weight excluding hydrogens is 316 g/mol. The molecule has 0 unspecified atom stereocenters. The molecule has 1 heterocycles. The molecule has 0 aliphatic rings. The van der Waals surface area contributed by atoms with Crippen LogP contribution >= 0.6 is 0 Å². The zero-order valence-corrected chi connectivity index (χ0v) is 14.7. The summed E-state index contributed by atoms with van der Waals surface area (Å²) in [5.41, 5.74) is 3.68. The highest BCUT2D eigenvalue weighted by molar-refractivity contribution is 5.91. The fourth-order valence-electron chi connectivity index (χ4n) is 2.68. The topological polar surface area (TPSA) is 75.4 Å². The van der Waals surface area contributed by atoms with Crippen LogP contribution in [0.1, 0.15) is 32.8 Å². The molecule has 5 heteroatoms. The fraction of sp³-hybridized carbons (Fsp3) is 0.300. The summed E-state index contributed by atoms with van der Waals surface area (Å²) in [6.45, 7) is 6.05. The van der Waals surface area contributed by atoms with Crippen LogP contribution in [-0.2, 0) is 11.2 Å². The first-order valence-electron chi connectivity index (χ1n) is 8.49. The lowest BCUT2D eigenvalue weighted by Crippen LogP contribution is -2.13. The van der Waals surface area contributed by atoms with Gasteiger partial charge < -0.3 is 14.8 Å². The SMILES string of the molecule is CCc1ccc2oc(-c3ccc(NC(=O)CC(C)C)cc3O)nc2c1. The lowest BCUT2D eigenvalue weighted by Gasteiger charge is -2.08. The Morgan fingerprint density at radius 3 is 2.72 bits per heavy atom. The number of phenols is 1. The van der Waals surface area contributed by atoms with Crippen LogP contribution in [0.3, 0.4) is 0 Å². The lowest BCUT2D eigenvalue weighted by atomic mass is 10.1. The summed E-state index contributed by atoms with van der Waals surface area (Å²) >= 11 is 0. The first-order valence-corrected chi connectivity index (χ1v) is 8.49. The van der Waals surface area contributed by atoms with Crippen LogP contribution in [0.5, 0.6) is 5.75 Å². The number of oxazole rings is 1. The smallest absolute Gasteiger partial charge is 0.231 e. The minimum absolute atomic E-state index is 0.0182. The molecule has 2 aromatic carbocycles. The average molecular weight is 338 g/mol. The molecule has 0 aliphatic carbocycles. The summed E-state index contributed by atoms with van der Waals surface area (Å²) in [6.07, 6.45) is 1.36. The van der Waals surface area contributed by atoms with Crippen molar-refractivity contribution in [2.24, 2.45) is 5.92 Å². The van der Waals surface area contributed by atoms with E-state index in [1.807, 2.05) is 32.0 Å². The Balaban J connectivity index is 1.86. The predicted molar refractivity (Wildman–Crippen MR) is 98.6 cm³/mol. The molecular formula is C20H22N2O3. The van der Waals surface area contributed by atoms with Gasteiger partial charge in [-0.25, -0.2) is 4.98 Å². The third-order valence-corrected chi connectivity index (χ3v) is 3.97. The third-order valence-electron chi connectivity index (χ3n) is 3.97. The number of aromatic nitrogens is 1. The van der Waals surface area contributed by atoms with E-state index in [0.717, 1.165) is 11.9 Å². The summed E-state index contributed by atoms with van der Waals surface area (Å²) in [7, 11) is 0. The van der Waals surface area contributed by atoms with Crippen molar-refractivity contribution in [3.8, 4) is 17.2 Å². The van der Waals surface area contributed by atoms with Gasteiger partial charge in [-0.05, 0) is 42.2 Å². The Kier molecular flexibility index (Phi) is 4.74. The molecule has 0 spiro atoms. The van der Waals surface area contributed by atoms with E-state index in [2.05, 4.69) is 17.2 Å². The second-order valence-corrected chi connectivity index (χ2v) is 6.55. The first-order chi connectivity index (χ1) is 12.0. The number of rotatable bonds is 5. The molecule has 3 aromatic rings. The highest BCUT2D eigenvalue weighted by Crippen LogP contribution is 2.33. The van der Waals surface area contributed by atoms with Crippen molar-refractivity contribution in [3.63, 3.8) is 0 Å². The second kappa shape index (κ2) is 6.97. The molecule has 1 aromatic heterocycles. The van der Waals surface area contributed by atoms with E-state index in [4.69, 9.17) is 4.42 Å². The molecule has 0 saturated heterocycles. The van der Waals surface area contributed by atoms with Gasteiger partial charge in [0.1, 0.15) is 11.3 Å². The average Bonchev–Trinajstić information content (AvgIpc) is 2.96. The Morgan fingerprint density at radius 2 is 2.04 bits per heavy atom. The number of benzene rings is 2. The summed E-state index contributed by atoms with van der Waals surface area (Å²) in [4.78, 5) is 16.3. The van der Waals surface area contributed by atoms with Crippen molar-refractivity contribution in [1.29, 1.82) is 0 Å². The highest BCUT2D eigenvalue weighted by atomic mass is 16.3. The highest BCUT2D eigenvalue weighted by Gasteiger charge is 2.14. The van der Waals surface area contributed by atoms with Crippen LogP contribution in [0.2, 0.25) is 0 Å². The van der Waals surface area contributed by atoms with Gasteiger partial charge in [0.2, 0.25) is 11.8 Å². The normalized spacial score (nSPS) is 11.2. The molecule has 0 aliphatic heterocycles. The number of nitrogens with zero attached hydrogens (tertiary/aromatic N) is 1. The molecule has 0 radical (unpaired) electrons. The quantitative estimate of drug-likeness (QED) is 0.704. The van der Waals surface area contributed by atoms with Gasteiger partial charge in [-0.2, -0.15) is 0 Å². The lowest BCUT2D eigenvalue weighted by molar-refractivity contribution is -0.116. The molecule has 0 bridgehead atoms. The van der Waals surface area contributed by atoms with Crippen LogP contribution in [-0.4, -0.2) is 16.0 Å². The fourth-order valence-corrected chi connectivity index (χ4v) is 2.68. The number of nitrogens with one attached hydrogen (secondary N) is 1. The van der Waals surface area contributed by atoms with Crippen LogP contribution in [0.25, 0.3) is 22.6 Å². The number of carbonyl (C=O) groups excluding carboxylic acids is 1. The van der Waals surface area contributed by atoms with Crippen LogP contribution < -0.4 is 5.32 Å². The minimum atomic E-state index is -0.0730. The van der Waals surface area contributed by atoms with Crippen molar-refractivity contribution >= 4 is 22.7 Å². The molecule has 0 saturated carbocycles. The molecule has 130 valence electrons. The van der Waals surface area contributed by atoms with Crippen LogP contribution in [0.4, 0.5) is 5.69 Å². The molecule has 1 amide bonds. The number of amides is 1. The number of fused-ring (bicyclic) bond motifs is 1. The Morgan fingerprint density at radius 1 is 1.24 bits per heavy atom. The number of aryl methyl sites for hydroxylation is 1. The number of hydrogen-bond acceptors (Lipinski definition) is 4. The van der Waals surface area contributed by atoms with Crippen molar-refractivity contribution in [2.45, 2.75) is 33.6 Å². The maximum atomic E-state index is 11.8. The Hall–Kier alpha value is -2.82. The molecule has 0 atom stereocenters. The number of aromatic hydroxyl groups is 1. The standard InChI is InChI=1S/C20H22N2O3/c1-4-13-5-8-18-16(10-13)22-20(25-18)15-7-6-14(11-17(15)23)21-19(24)9-12(2)3/h5-8,10-12,23H,4,9H2,1-3H3,(H,21,24). The van der Waals surface area contributed by atoms with E-state index < -0.39 is 0 Å². The van der Waals surface area contributed by atoms with Crippen molar-refractivity contribution in [1.82, 2.24) is 4.98 Å². The second-order valence-electron chi connectivity index (χ2n) is 6.55. The van der Waals surface area contributed by atoms with Gasteiger partial charge in [0.15, 0.2) is 5.58 Å². The van der Waals surface area contributed by atoms with Crippen LogP contribution in [0.15, 0.2) is 40.8 Å². The summed E-state index contributed by atoms with van der Waals surface area (Å²) < 4.78 is 5.75. The van der Waals surface area contributed by atoms with Crippen LogP contribution in [0, 0.1) is 5.92 Å². The monoisotopic (exact) mass is 338 g/mol. The zero-order valence-electron chi connectivity index (χ0n) is 14.7. The number of anilines is 1. The number of hydrogen-bond donors (Lipinski definition) is 2. The largest absolute Gasteiger partial charge is 0.507 e. The van der Waals surface area contributed by atoms with E-state index in [0.29, 0.717) is 29.1 Å². The molecule has 25 heavy (non-hydrogen) atoms. The van der Waals surface area contributed by atoms with E-state index in [9.17, 15) is 9.90 Å². The number of phenolic OH excluding ortho intramolecular Hbond substituents is 1. The Labute approximate surface area is 146 Å². The van der Waals surface area contributed by atoms with Gasteiger partial charge in [0.25, 0.3) is 0 Å². The molecule has 5 nitrogen and oxygen atoms in total. The van der Waals surface area contributed by atoms with E-state index in [1.165, 1.54) is 11.6 Å². The summed E-state index contributed by atoms with van der Waals surface area (Å²) in [5.74, 6) is 0.585. The van der Waals surface area contributed by atoms with E-state index in [1.54, 1.807) is 12.1 Å². The van der Waals surface area contributed by atoms with Gasteiger partial charge in [-0.1, -0.05) is 26.8 Å². The Bertz CT molecular complexity index is 912. The van der Waals surface area contributed by atoms with E-state index in [-0.39, 0.29) is 17.6 Å². The molecule has 3 rings (SSSR count). The van der Waals surface area contributed by atoms with Gasteiger partial charge in [0, 0.05) is 18.2 Å². The van der Waals surface area contributed by atoms with Gasteiger partial charge in [-0.3, -0.25) is 4.79 Å². The van der Waals surface area contributed by atoms with Crippen molar-refractivity contribution in [2.75, 3.05) is 5.32 Å². The molecule has 2 N–H and O–H groups in total. The summed E-state index contributed by atoms with van der Waals surface area (Å²) in [6, 6.07) is 10.8. The van der Waals surface area contributed by atoms with E-state index >= 15 is 0 Å². The van der Waals surface area contributed by atoms with Gasteiger partial charge >= 0.3 is 0 Å². The first kappa shape index (κ1) is 17.0. The van der Waals surface area contributed by atoms with Crippen molar-refractivity contribution < 1.29 is 14.3 Å².